The van der Waals surface area contributed by atoms with Gasteiger partial charge >= 0.3 is 0 Å². The number of carbonyl (C=O) groups is 1. The van der Waals surface area contributed by atoms with E-state index in [9.17, 15) is 4.79 Å². The standard InChI is InChI=1S/C30H32N4O4/c1-21-14-22(2)34(32-21)26-8-4-7-25(16-26)30(35)33(19-24-6-5-12-31-17-24)18-23-9-10-28(29(15-23)36-3)38-27-11-13-37-20-27/h4-10,12,14-17,27H,11,13,18-20H2,1-3H3/t27-/m0/s1. The van der Waals surface area contributed by atoms with Gasteiger partial charge in [0.2, 0.25) is 0 Å². The molecular weight excluding hydrogens is 480 g/mol. The number of methoxy groups -OCH3 is 1. The lowest BCUT2D eigenvalue weighted by Crippen LogP contribution is -2.30. The number of amides is 1. The van der Waals surface area contributed by atoms with Crippen molar-refractivity contribution in [1.29, 1.82) is 0 Å². The minimum absolute atomic E-state index is 0.0212. The number of aromatic nitrogens is 3. The quantitative estimate of drug-likeness (QED) is 0.317. The number of pyridine rings is 1. The molecule has 4 aromatic rings. The number of hydrogen-bond acceptors (Lipinski definition) is 6. The molecule has 0 N–H and O–H groups in total. The Kier molecular flexibility index (Phi) is 7.70. The normalized spacial score (nSPS) is 14.9. The third-order valence-corrected chi connectivity index (χ3v) is 6.51. The van der Waals surface area contributed by atoms with E-state index in [4.69, 9.17) is 14.2 Å². The van der Waals surface area contributed by atoms with Crippen molar-refractivity contribution in [2.45, 2.75) is 39.5 Å². The molecular formula is C30H32N4O4. The first-order chi connectivity index (χ1) is 18.5. The molecule has 8 nitrogen and oxygen atoms in total. The lowest BCUT2D eigenvalue weighted by molar-refractivity contribution is 0.0729. The van der Waals surface area contributed by atoms with Crippen molar-refractivity contribution < 1.29 is 19.0 Å². The molecule has 2 aromatic carbocycles. The predicted octanol–water partition coefficient (Wildman–Crippen LogP) is 4.90. The second-order valence-electron chi connectivity index (χ2n) is 9.50. The molecule has 1 saturated heterocycles. The van der Waals surface area contributed by atoms with Crippen LogP contribution < -0.4 is 9.47 Å². The number of rotatable bonds is 9. The number of benzene rings is 2. The van der Waals surface area contributed by atoms with Gasteiger partial charge in [0.15, 0.2) is 11.5 Å². The van der Waals surface area contributed by atoms with Crippen LogP contribution in [-0.4, -0.2) is 52.0 Å². The summed E-state index contributed by atoms with van der Waals surface area (Å²) in [5.41, 5.74) is 5.26. The van der Waals surface area contributed by atoms with E-state index in [0.29, 0.717) is 43.4 Å². The summed E-state index contributed by atoms with van der Waals surface area (Å²) < 4.78 is 19.0. The minimum Gasteiger partial charge on any atom is -0.493 e. The third-order valence-electron chi connectivity index (χ3n) is 6.51. The van der Waals surface area contributed by atoms with Gasteiger partial charge in [-0.2, -0.15) is 5.10 Å². The molecule has 0 unspecified atom stereocenters. The fourth-order valence-electron chi connectivity index (χ4n) is 4.67. The molecule has 0 bridgehead atoms. The topological polar surface area (TPSA) is 78.7 Å². The van der Waals surface area contributed by atoms with Crippen molar-refractivity contribution in [3.05, 3.63) is 101 Å². The maximum Gasteiger partial charge on any atom is 0.254 e. The van der Waals surface area contributed by atoms with Crippen molar-refractivity contribution in [3.63, 3.8) is 0 Å². The van der Waals surface area contributed by atoms with Crippen LogP contribution in [0.25, 0.3) is 5.69 Å². The number of nitrogens with zero attached hydrogens (tertiary/aromatic N) is 4. The van der Waals surface area contributed by atoms with E-state index in [1.165, 1.54) is 0 Å². The molecule has 1 aliphatic rings. The zero-order valence-electron chi connectivity index (χ0n) is 22.0. The Balaban J connectivity index is 1.42. The molecule has 3 heterocycles. The SMILES string of the molecule is COc1cc(CN(Cc2cccnc2)C(=O)c2cccc(-n3nc(C)cc3C)c2)ccc1O[C@H]1CCOC1. The van der Waals surface area contributed by atoms with Gasteiger partial charge in [-0.3, -0.25) is 9.78 Å². The average molecular weight is 513 g/mol. The van der Waals surface area contributed by atoms with Crippen molar-refractivity contribution in [3.8, 4) is 17.2 Å². The van der Waals surface area contributed by atoms with Crippen LogP contribution in [0.2, 0.25) is 0 Å². The highest BCUT2D eigenvalue weighted by molar-refractivity contribution is 5.94. The van der Waals surface area contributed by atoms with E-state index in [-0.39, 0.29) is 12.0 Å². The number of aryl methyl sites for hydroxylation is 2. The van der Waals surface area contributed by atoms with Crippen molar-refractivity contribution in [2.75, 3.05) is 20.3 Å². The summed E-state index contributed by atoms with van der Waals surface area (Å²) in [4.78, 5) is 19.9. The molecule has 5 rings (SSSR count). The number of hydrogen-bond donors (Lipinski definition) is 0. The second-order valence-corrected chi connectivity index (χ2v) is 9.50. The molecule has 0 saturated carbocycles. The van der Waals surface area contributed by atoms with Crippen molar-refractivity contribution in [1.82, 2.24) is 19.7 Å². The second kappa shape index (κ2) is 11.5. The highest BCUT2D eigenvalue weighted by Gasteiger charge is 2.21. The first kappa shape index (κ1) is 25.5. The number of carbonyl (C=O) groups excluding carboxylic acids is 1. The van der Waals surface area contributed by atoms with Gasteiger partial charge in [0, 0.05) is 43.2 Å². The van der Waals surface area contributed by atoms with E-state index in [2.05, 4.69) is 10.1 Å². The summed E-state index contributed by atoms with van der Waals surface area (Å²) >= 11 is 0. The lowest BCUT2D eigenvalue weighted by atomic mass is 10.1. The summed E-state index contributed by atoms with van der Waals surface area (Å²) in [5, 5.41) is 4.58. The average Bonchev–Trinajstić information content (AvgIpc) is 3.58. The number of ether oxygens (including phenoxy) is 3. The highest BCUT2D eigenvalue weighted by Crippen LogP contribution is 2.31. The van der Waals surface area contributed by atoms with E-state index in [1.807, 2.05) is 84.1 Å². The minimum atomic E-state index is -0.0837. The zero-order chi connectivity index (χ0) is 26.5. The Labute approximate surface area is 222 Å². The molecule has 1 fully saturated rings. The van der Waals surface area contributed by atoms with Crippen LogP contribution in [0.4, 0.5) is 0 Å². The predicted molar refractivity (Wildman–Crippen MR) is 144 cm³/mol. The first-order valence-corrected chi connectivity index (χ1v) is 12.7. The van der Waals surface area contributed by atoms with Crippen LogP contribution >= 0.6 is 0 Å². The largest absolute Gasteiger partial charge is 0.493 e. The highest BCUT2D eigenvalue weighted by atomic mass is 16.6. The Hall–Kier alpha value is -4.17. The Morgan fingerprint density at radius 1 is 1.05 bits per heavy atom. The fraction of sp³-hybridized carbons (Fsp3) is 0.300. The zero-order valence-corrected chi connectivity index (χ0v) is 22.0. The van der Waals surface area contributed by atoms with E-state index >= 15 is 0 Å². The Bertz CT molecular complexity index is 1400. The maximum absolute atomic E-state index is 13.9. The van der Waals surface area contributed by atoms with Crippen LogP contribution in [0.15, 0.2) is 73.1 Å². The molecule has 1 amide bonds. The van der Waals surface area contributed by atoms with Crippen LogP contribution in [0.3, 0.4) is 0 Å². The summed E-state index contributed by atoms with van der Waals surface area (Å²) in [7, 11) is 1.63. The van der Waals surface area contributed by atoms with Gasteiger partial charge in [-0.05, 0) is 67.4 Å². The van der Waals surface area contributed by atoms with Crippen LogP contribution in [0.5, 0.6) is 11.5 Å². The molecule has 0 spiro atoms. The van der Waals surface area contributed by atoms with E-state index in [0.717, 1.165) is 34.6 Å². The smallest absolute Gasteiger partial charge is 0.254 e. The van der Waals surface area contributed by atoms with Gasteiger partial charge in [-0.25, -0.2) is 4.68 Å². The molecule has 1 atom stereocenters. The fourth-order valence-corrected chi connectivity index (χ4v) is 4.67. The third kappa shape index (κ3) is 5.86. The van der Waals surface area contributed by atoms with E-state index in [1.54, 1.807) is 19.5 Å². The molecule has 38 heavy (non-hydrogen) atoms. The van der Waals surface area contributed by atoms with Gasteiger partial charge in [-0.1, -0.05) is 18.2 Å². The van der Waals surface area contributed by atoms with Gasteiger partial charge in [0.25, 0.3) is 5.91 Å². The first-order valence-electron chi connectivity index (χ1n) is 12.7. The monoisotopic (exact) mass is 512 g/mol. The lowest BCUT2D eigenvalue weighted by Gasteiger charge is -2.24. The van der Waals surface area contributed by atoms with Crippen LogP contribution in [-0.2, 0) is 17.8 Å². The Morgan fingerprint density at radius 2 is 1.92 bits per heavy atom. The molecule has 2 aromatic heterocycles. The molecule has 1 aliphatic heterocycles. The van der Waals surface area contributed by atoms with E-state index < -0.39 is 0 Å². The molecule has 8 heteroatoms. The maximum atomic E-state index is 13.9. The van der Waals surface area contributed by atoms with Gasteiger partial charge in [0.05, 0.1) is 31.7 Å². The van der Waals surface area contributed by atoms with Crippen LogP contribution in [0.1, 0.15) is 39.3 Å². The van der Waals surface area contributed by atoms with Crippen molar-refractivity contribution in [2.24, 2.45) is 0 Å². The summed E-state index contributed by atoms with van der Waals surface area (Å²) in [5.74, 6) is 1.23. The molecule has 0 aliphatic carbocycles. The van der Waals surface area contributed by atoms with Crippen LogP contribution in [0, 0.1) is 13.8 Å². The summed E-state index contributed by atoms with van der Waals surface area (Å²) in [6, 6.07) is 19.3. The van der Waals surface area contributed by atoms with Gasteiger partial charge in [0.1, 0.15) is 6.10 Å². The molecule has 0 radical (unpaired) electrons. The van der Waals surface area contributed by atoms with Crippen molar-refractivity contribution >= 4 is 5.91 Å². The summed E-state index contributed by atoms with van der Waals surface area (Å²) in [6.07, 6.45) is 4.39. The van der Waals surface area contributed by atoms with Gasteiger partial charge < -0.3 is 19.1 Å². The van der Waals surface area contributed by atoms with Gasteiger partial charge in [-0.15, -0.1) is 0 Å². The summed E-state index contributed by atoms with van der Waals surface area (Å²) in [6.45, 7) is 6.05. The Morgan fingerprint density at radius 3 is 2.63 bits per heavy atom. The molecule has 196 valence electrons.